The van der Waals surface area contributed by atoms with Crippen molar-refractivity contribution in [2.75, 3.05) is 32.8 Å². The van der Waals surface area contributed by atoms with Gasteiger partial charge >= 0.3 is 6.09 Å². The molecular weight excluding hydrogens is 590 g/mol. The van der Waals surface area contributed by atoms with Crippen molar-refractivity contribution in [2.24, 2.45) is 0 Å². The first-order valence-corrected chi connectivity index (χ1v) is 15.7. The minimum absolute atomic E-state index is 0.0172. The van der Waals surface area contributed by atoms with Crippen LogP contribution in [0.3, 0.4) is 0 Å². The topological polar surface area (TPSA) is 127 Å². The van der Waals surface area contributed by atoms with Crippen LogP contribution in [0.1, 0.15) is 53.1 Å². The van der Waals surface area contributed by atoms with Crippen molar-refractivity contribution in [3.05, 3.63) is 107 Å². The highest BCUT2D eigenvalue weighted by molar-refractivity contribution is 6.06. The van der Waals surface area contributed by atoms with E-state index in [1.54, 1.807) is 0 Å². The van der Waals surface area contributed by atoms with Gasteiger partial charge in [-0.25, -0.2) is 4.79 Å². The number of hydrogen-bond donors (Lipinski definition) is 2. The molecule has 0 saturated carbocycles. The van der Waals surface area contributed by atoms with Crippen LogP contribution in [0.25, 0.3) is 0 Å². The van der Waals surface area contributed by atoms with Gasteiger partial charge in [-0.2, -0.15) is 0 Å². The molecule has 3 aliphatic rings. The summed E-state index contributed by atoms with van der Waals surface area (Å²) in [5.74, 6) is -0.826. The summed E-state index contributed by atoms with van der Waals surface area (Å²) < 4.78 is 23.7. The van der Waals surface area contributed by atoms with Crippen LogP contribution in [0.4, 0.5) is 4.79 Å². The predicted octanol–water partition coefficient (Wildman–Crippen LogP) is 3.61. The zero-order chi connectivity index (χ0) is 31.9. The Morgan fingerprint density at radius 2 is 1.57 bits per heavy atom. The Morgan fingerprint density at radius 1 is 0.870 bits per heavy atom. The monoisotopic (exact) mass is 629 g/mol. The Bertz CT molecular complexity index is 1480. The molecule has 0 aliphatic carbocycles. The average molecular weight is 630 g/mol. The highest BCUT2D eigenvalue weighted by atomic mass is 16.7. The molecule has 3 aliphatic heterocycles. The second kappa shape index (κ2) is 15.0. The lowest BCUT2D eigenvalue weighted by Gasteiger charge is -2.39. The number of nitrogens with one attached hydrogen (secondary N) is 1. The maximum Gasteiger partial charge on any atom is 0.408 e. The van der Waals surface area contributed by atoms with Gasteiger partial charge in [-0.3, -0.25) is 19.4 Å². The fourth-order valence-corrected chi connectivity index (χ4v) is 5.94. The van der Waals surface area contributed by atoms with Crippen LogP contribution in [0.2, 0.25) is 0 Å². The fraction of sp³-hybridized carbons (Fsp3) is 0.400. The normalized spacial score (nSPS) is 23.8. The molecular formula is C35H39N3O8. The van der Waals surface area contributed by atoms with Crippen molar-refractivity contribution < 1.29 is 38.4 Å². The molecule has 6 rings (SSSR count). The molecule has 11 heteroatoms. The maximum atomic E-state index is 13.0. The molecule has 3 fully saturated rings. The van der Waals surface area contributed by atoms with Gasteiger partial charge in [-0.05, 0) is 22.3 Å². The number of rotatable bonds is 10. The second-order valence-electron chi connectivity index (χ2n) is 11.8. The molecule has 11 nitrogen and oxygen atoms in total. The number of carbonyl (C=O) groups excluding carboxylic acids is 3. The number of aliphatic hydroxyl groups excluding tert-OH is 1. The quantitative estimate of drug-likeness (QED) is 0.324. The van der Waals surface area contributed by atoms with Crippen LogP contribution in [0.5, 0.6) is 0 Å². The van der Waals surface area contributed by atoms with Crippen LogP contribution in [0.15, 0.2) is 78.9 Å². The molecule has 4 atom stereocenters. The van der Waals surface area contributed by atoms with E-state index >= 15 is 0 Å². The Kier molecular flexibility index (Phi) is 10.4. The summed E-state index contributed by atoms with van der Waals surface area (Å²) in [6.45, 7) is 4.02. The molecule has 0 aromatic heterocycles. The van der Waals surface area contributed by atoms with Crippen molar-refractivity contribution in [1.29, 1.82) is 0 Å². The number of morpholine rings is 1. The second-order valence-corrected chi connectivity index (χ2v) is 11.8. The molecule has 3 aromatic rings. The third-order valence-corrected chi connectivity index (χ3v) is 8.52. The fourth-order valence-electron chi connectivity index (χ4n) is 5.94. The largest absolute Gasteiger partial charge is 0.445 e. The number of nitrogens with zero attached hydrogens (tertiary/aromatic N) is 2. The van der Waals surface area contributed by atoms with E-state index in [1.165, 1.54) is 0 Å². The van der Waals surface area contributed by atoms with E-state index in [9.17, 15) is 19.5 Å². The molecule has 0 spiro atoms. The number of benzene rings is 3. The van der Waals surface area contributed by atoms with Crippen LogP contribution >= 0.6 is 0 Å². The molecule has 46 heavy (non-hydrogen) atoms. The number of hydrogen-bond acceptors (Lipinski definition) is 9. The number of aliphatic hydroxyl groups is 1. The maximum absolute atomic E-state index is 13.0. The van der Waals surface area contributed by atoms with Gasteiger partial charge in [-0.15, -0.1) is 0 Å². The van der Waals surface area contributed by atoms with Crippen LogP contribution in [0, 0.1) is 0 Å². The van der Waals surface area contributed by atoms with Gasteiger partial charge < -0.3 is 29.4 Å². The zero-order valence-corrected chi connectivity index (χ0v) is 25.6. The number of likely N-dealkylation sites (tertiary alicyclic amines) is 1. The van der Waals surface area contributed by atoms with Gasteiger partial charge in [0.05, 0.1) is 45.0 Å². The minimum Gasteiger partial charge on any atom is -0.445 e. The average Bonchev–Trinajstić information content (AvgIpc) is 3.35. The summed E-state index contributed by atoms with van der Waals surface area (Å²) in [5, 5.41) is 12.0. The smallest absolute Gasteiger partial charge is 0.408 e. The summed E-state index contributed by atoms with van der Waals surface area (Å²) in [6.07, 6.45) is -1.04. The van der Waals surface area contributed by atoms with Gasteiger partial charge in [0.15, 0.2) is 6.29 Å². The van der Waals surface area contributed by atoms with Crippen LogP contribution in [-0.4, -0.2) is 77.8 Å². The third-order valence-electron chi connectivity index (χ3n) is 8.52. The molecule has 0 radical (unpaired) electrons. The molecule has 1 unspecified atom stereocenters. The third kappa shape index (κ3) is 7.98. The van der Waals surface area contributed by atoms with E-state index in [4.69, 9.17) is 18.9 Å². The van der Waals surface area contributed by atoms with E-state index in [2.05, 4.69) is 10.2 Å². The number of carbonyl (C=O) groups is 3. The Hall–Kier alpha value is -4.13. The molecule has 242 valence electrons. The molecule has 2 N–H and O–H groups in total. The molecule has 3 aromatic carbocycles. The first-order valence-electron chi connectivity index (χ1n) is 15.7. The first-order chi connectivity index (χ1) is 22.4. The lowest BCUT2D eigenvalue weighted by molar-refractivity contribution is -0.253. The van der Waals surface area contributed by atoms with E-state index in [-0.39, 0.29) is 44.3 Å². The van der Waals surface area contributed by atoms with Gasteiger partial charge in [0.1, 0.15) is 12.6 Å². The minimum atomic E-state index is -0.967. The summed E-state index contributed by atoms with van der Waals surface area (Å²) in [5.41, 5.74) is 4.27. The van der Waals surface area contributed by atoms with Crippen molar-refractivity contribution in [2.45, 2.75) is 57.1 Å². The highest BCUT2D eigenvalue weighted by Gasteiger charge is 2.40. The van der Waals surface area contributed by atoms with E-state index < -0.39 is 24.3 Å². The van der Waals surface area contributed by atoms with Gasteiger partial charge in [-0.1, -0.05) is 78.9 Å². The molecule has 3 saturated heterocycles. The zero-order valence-electron chi connectivity index (χ0n) is 25.6. The molecule has 3 amide bonds. The highest BCUT2D eigenvalue weighted by Crippen LogP contribution is 2.38. The predicted molar refractivity (Wildman–Crippen MR) is 166 cm³/mol. The standard InChI is InChI=1S/C35H39N3O8/c39-22-25-8-10-27(11-9-25)31-18-29(21-37-14-16-43-17-15-37)45-34(46-31)28-12-6-24(7-13-28)20-38-32(40)19-30(33(38)41)36-35(42)44-23-26-4-2-1-3-5-26/h1-13,29-31,34,39H,14-23H2,(H,36,42)/t29-,30?,31+,34+/m0/s1. The Labute approximate surface area is 268 Å². The van der Waals surface area contributed by atoms with Crippen LogP contribution < -0.4 is 5.32 Å². The SMILES string of the molecule is O=C(NC1CC(=O)N(Cc2ccc([C@@H]3O[C@H](CN4CCOCC4)C[C@H](c4ccc(CO)cc4)O3)cc2)C1=O)OCc1ccccc1. The Morgan fingerprint density at radius 3 is 2.28 bits per heavy atom. The molecule has 3 heterocycles. The van der Waals surface area contributed by atoms with Crippen LogP contribution in [-0.2, 0) is 48.3 Å². The molecule has 0 bridgehead atoms. The van der Waals surface area contributed by atoms with Gasteiger partial charge in [0, 0.05) is 31.6 Å². The first kappa shape index (κ1) is 31.8. The number of alkyl carbamates (subject to hydrolysis) is 1. The van der Waals surface area contributed by atoms with Crippen molar-refractivity contribution >= 4 is 17.9 Å². The number of ether oxygens (including phenoxy) is 4. The number of amides is 3. The van der Waals surface area contributed by atoms with Crippen molar-refractivity contribution in [3.63, 3.8) is 0 Å². The van der Waals surface area contributed by atoms with Crippen molar-refractivity contribution in [3.8, 4) is 0 Å². The summed E-state index contributed by atoms with van der Waals surface area (Å²) in [6, 6.07) is 23.5. The Balaban J connectivity index is 1.08. The van der Waals surface area contributed by atoms with Crippen molar-refractivity contribution in [1.82, 2.24) is 15.1 Å². The lowest BCUT2D eigenvalue weighted by atomic mass is 9.99. The van der Waals surface area contributed by atoms with Gasteiger partial charge in [0.2, 0.25) is 5.91 Å². The summed E-state index contributed by atoms with van der Waals surface area (Å²) in [4.78, 5) is 41.6. The lowest BCUT2D eigenvalue weighted by Crippen LogP contribution is -2.44. The van der Waals surface area contributed by atoms with E-state index in [0.717, 1.165) is 52.4 Å². The summed E-state index contributed by atoms with van der Waals surface area (Å²) >= 11 is 0. The number of imide groups is 1. The van der Waals surface area contributed by atoms with E-state index in [1.807, 2.05) is 78.9 Å². The summed E-state index contributed by atoms with van der Waals surface area (Å²) in [7, 11) is 0. The van der Waals surface area contributed by atoms with E-state index in [0.29, 0.717) is 19.6 Å². The van der Waals surface area contributed by atoms with Gasteiger partial charge in [0.25, 0.3) is 5.91 Å².